The third-order valence-electron chi connectivity index (χ3n) is 3.90. The molecule has 1 aliphatic rings. The standard InChI is InChI=1S/C17H25NO2/c1-2-14-8-7-11-16(12-14)20-13-17(19)18-15-9-5-3-4-6-10-15/h7-8,11-12,15H,2-6,9-10,13H2,1H3,(H,18,19). The van der Waals surface area contributed by atoms with Gasteiger partial charge in [-0.2, -0.15) is 0 Å². The number of rotatable bonds is 5. The van der Waals surface area contributed by atoms with E-state index < -0.39 is 0 Å². The molecule has 3 nitrogen and oxygen atoms in total. The number of hydrogen-bond acceptors (Lipinski definition) is 2. The average molecular weight is 275 g/mol. The molecular weight excluding hydrogens is 250 g/mol. The predicted octanol–water partition coefficient (Wildman–Crippen LogP) is 3.47. The Labute approximate surface area is 121 Å². The summed E-state index contributed by atoms with van der Waals surface area (Å²) in [5.74, 6) is 0.777. The van der Waals surface area contributed by atoms with Crippen LogP contribution < -0.4 is 10.1 Å². The van der Waals surface area contributed by atoms with E-state index in [0.29, 0.717) is 6.04 Å². The number of benzene rings is 1. The molecule has 0 aromatic heterocycles. The van der Waals surface area contributed by atoms with Crippen molar-refractivity contribution in [1.82, 2.24) is 5.32 Å². The SMILES string of the molecule is CCc1cccc(OCC(=O)NC2CCCCCC2)c1. The highest BCUT2D eigenvalue weighted by Crippen LogP contribution is 2.17. The molecule has 0 spiro atoms. The molecule has 0 heterocycles. The monoisotopic (exact) mass is 275 g/mol. The van der Waals surface area contributed by atoms with Gasteiger partial charge in [0.25, 0.3) is 5.91 Å². The van der Waals surface area contributed by atoms with Gasteiger partial charge in [-0.3, -0.25) is 4.79 Å². The van der Waals surface area contributed by atoms with Crippen LogP contribution in [0.1, 0.15) is 51.0 Å². The average Bonchev–Trinajstić information content (AvgIpc) is 2.74. The summed E-state index contributed by atoms with van der Waals surface area (Å²) in [6, 6.07) is 8.28. The molecule has 2 rings (SSSR count). The molecule has 0 unspecified atom stereocenters. The van der Waals surface area contributed by atoms with E-state index in [-0.39, 0.29) is 12.5 Å². The van der Waals surface area contributed by atoms with Crippen molar-refractivity contribution in [2.24, 2.45) is 0 Å². The Hall–Kier alpha value is -1.51. The fourth-order valence-corrected chi connectivity index (χ4v) is 2.70. The summed E-state index contributed by atoms with van der Waals surface area (Å²) in [5, 5.41) is 3.09. The van der Waals surface area contributed by atoms with Crippen molar-refractivity contribution in [2.45, 2.75) is 57.9 Å². The second-order valence-corrected chi connectivity index (χ2v) is 5.55. The van der Waals surface area contributed by atoms with Crippen molar-refractivity contribution in [3.05, 3.63) is 29.8 Å². The summed E-state index contributed by atoms with van der Waals surface area (Å²) in [6.45, 7) is 2.22. The molecule has 0 saturated heterocycles. The third kappa shape index (κ3) is 4.87. The highest BCUT2D eigenvalue weighted by atomic mass is 16.5. The van der Waals surface area contributed by atoms with Crippen LogP contribution in [0.15, 0.2) is 24.3 Å². The largest absolute Gasteiger partial charge is 0.484 e. The molecular formula is C17H25NO2. The minimum absolute atomic E-state index is 0.00111. The van der Waals surface area contributed by atoms with Crippen LogP contribution in [0.25, 0.3) is 0 Å². The fourth-order valence-electron chi connectivity index (χ4n) is 2.70. The molecule has 3 heteroatoms. The molecule has 1 aromatic rings. The van der Waals surface area contributed by atoms with Gasteiger partial charge in [0.2, 0.25) is 0 Å². The van der Waals surface area contributed by atoms with Crippen LogP contribution in [0.2, 0.25) is 0 Å². The Kier molecular flexibility index (Phi) is 5.90. The van der Waals surface area contributed by atoms with Crippen LogP contribution in [-0.4, -0.2) is 18.6 Å². The van der Waals surface area contributed by atoms with E-state index in [0.717, 1.165) is 25.0 Å². The zero-order chi connectivity index (χ0) is 14.2. The molecule has 0 bridgehead atoms. The van der Waals surface area contributed by atoms with Crippen molar-refractivity contribution in [3.8, 4) is 5.75 Å². The zero-order valence-electron chi connectivity index (χ0n) is 12.4. The molecule has 0 aliphatic heterocycles. The van der Waals surface area contributed by atoms with Gasteiger partial charge >= 0.3 is 0 Å². The van der Waals surface area contributed by atoms with Crippen molar-refractivity contribution in [3.63, 3.8) is 0 Å². The van der Waals surface area contributed by atoms with Gasteiger partial charge < -0.3 is 10.1 Å². The maximum atomic E-state index is 11.9. The molecule has 110 valence electrons. The molecule has 20 heavy (non-hydrogen) atoms. The Balaban J connectivity index is 1.76. The van der Waals surface area contributed by atoms with Crippen molar-refractivity contribution in [2.75, 3.05) is 6.61 Å². The summed E-state index contributed by atoms with van der Waals surface area (Å²) in [5.41, 5.74) is 1.23. The Bertz CT molecular complexity index is 423. The summed E-state index contributed by atoms with van der Waals surface area (Å²) in [7, 11) is 0. The van der Waals surface area contributed by atoms with E-state index in [1.807, 2.05) is 18.2 Å². The van der Waals surface area contributed by atoms with E-state index >= 15 is 0 Å². The van der Waals surface area contributed by atoms with Crippen LogP contribution in [0.5, 0.6) is 5.75 Å². The van der Waals surface area contributed by atoms with E-state index in [2.05, 4.69) is 18.3 Å². The lowest BCUT2D eigenvalue weighted by molar-refractivity contribution is -0.123. The molecule has 1 saturated carbocycles. The minimum atomic E-state index is -0.00111. The van der Waals surface area contributed by atoms with Crippen molar-refractivity contribution >= 4 is 5.91 Å². The van der Waals surface area contributed by atoms with Gasteiger partial charge in [-0.1, -0.05) is 44.7 Å². The number of amides is 1. The first-order chi connectivity index (χ1) is 9.78. The lowest BCUT2D eigenvalue weighted by atomic mass is 10.1. The Morgan fingerprint density at radius 3 is 2.70 bits per heavy atom. The first-order valence-corrected chi connectivity index (χ1v) is 7.79. The topological polar surface area (TPSA) is 38.3 Å². The quantitative estimate of drug-likeness (QED) is 0.836. The van der Waals surface area contributed by atoms with Crippen molar-refractivity contribution in [1.29, 1.82) is 0 Å². The third-order valence-corrected chi connectivity index (χ3v) is 3.90. The molecule has 1 aromatic carbocycles. The van der Waals surface area contributed by atoms with Crippen LogP contribution >= 0.6 is 0 Å². The Morgan fingerprint density at radius 2 is 2.00 bits per heavy atom. The smallest absolute Gasteiger partial charge is 0.258 e. The minimum Gasteiger partial charge on any atom is -0.484 e. The highest BCUT2D eigenvalue weighted by Gasteiger charge is 2.14. The molecule has 0 atom stereocenters. The number of ether oxygens (including phenoxy) is 1. The van der Waals surface area contributed by atoms with Crippen LogP contribution in [-0.2, 0) is 11.2 Å². The summed E-state index contributed by atoms with van der Waals surface area (Å²) in [4.78, 5) is 11.9. The van der Waals surface area contributed by atoms with Gasteiger partial charge in [0.15, 0.2) is 6.61 Å². The van der Waals surface area contributed by atoms with Gasteiger partial charge in [-0.25, -0.2) is 0 Å². The number of hydrogen-bond donors (Lipinski definition) is 1. The van der Waals surface area contributed by atoms with Gasteiger partial charge in [0, 0.05) is 6.04 Å². The molecule has 1 N–H and O–H groups in total. The Morgan fingerprint density at radius 1 is 1.25 bits per heavy atom. The van der Waals surface area contributed by atoms with Crippen molar-refractivity contribution < 1.29 is 9.53 Å². The van der Waals surface area contributed by atoms with Gasteiger partial charge in [0.05, 0.1) is 0 Å². The molecule has 0 radical (unpaired) electrons. The second-order valence-electron chi connectivity index (χ2n) is 5.55. The van der Waals surface area contributed by atoms with Gasteiger partial charge in [-0.05, 0) is 37.0 Å². The molecule has 1 amide bonds. The van der Waals surface area contributed by atoms with E-state index in [4.69, 9.17) is 4.74 Å². The summed E-state index contributed by atoms with van der Waals surface area (Å²) >= 11 is 0. The van der Waals surface area contributed by atoms with Crippen LogP contribution in [0.3, 0.4) is 0 Å². The van der Waals surface area contributed by atoms with Crippen LogP contribution in [0.4, 0.5) is 0 Å². The predicted molar refractivity (Wildman–Crippen MR) is 80.9 cm³/mol. The van der Waals surface area contributed by atoms with E-state index in [9.17, 15) is 4.79 Å². The zero-order valence-corrected chi connectivity index (χ0v) is 12.4. The molecule has 1 fully saturated rings. The lowest BCUT2D eigenvalue weighted by Crippen LogP contribution is -2.37. The normalized spacial score (nSPS) is 16.4. The first-order valence-electron chi connectivity index (χ1n) is 7.79. The second kappa shape index (κ2) is 7.93. The fraction of sp³-hybridized carbons (Fsp3) is 0.588. The summed E-state index contributed by atoms with van der Waals surface area (Å²) in [6.07, 6.45) is 8.24. The maximum absolute atomic E-state index is 11.9. The van der Waals surface area contributed by atoms with E-state index in [1.54, 1.807) is 0 Å². The van der Waals surface area contributed by atoms with Gasteiger partial charge in [-0.15, -0.1) is 0 Å². The first kappa shape index (κ1) is 14.9. The van der Waals surface area contributed by atoms with Crippen LogP contribution in [0, 0.1) is 0 Å². The number of nitrogens with one attached hydrogen (secondary N) is 1. The number of carbonyl (C=O) groups is 1. The van der Waals surface area contributed by atoms with Gasteiger partial charge in [0.1, 0.15) is 5.75 Å². The highest BCUT2D eigenvalue weighted by molar-refractivity contribution is 5.77. The lowest BCUT2D eigenvalue weighted by Gasteiger charge is -2.16. The van der Waals surface area contributed by atoms with E-state index in [1.165, 1.54) is 31.2 Å². The number of carbonyl (C=O) groups excluding carboxylic acids is 1. The summed E-state index contributed by atoms with van der Waals surface area (Å²) < 4.78 is 5.57. The molecule has 1 aliphatic carbocycles. The number of aryl methyl sites for hydroxylation is 1. The maximum Gasteiger partial charge on any atom is 0.258 e.